The van der Waals surface area contributed by atoms with Crippen LogP contribution in [-0.2, 0) is 20.8 Å². The van der Waals surface area contributed by atoms with E-state index in [1.807, 2.05) is 45.3 Å². The molecule has 4 rings (SSSR count). The van der Waals surface area contributed by atoms with Crippen LogP contribution in [0.1, 0.15) is 89.8 Å². The van der Waals surface area contributed by atoms with Crippen LogP contribution in [0, 0.1) is 18.3 Å². The van der Waals surface area contributed by atoms with Crippen molar-refractivity contribution in [1.29, 1.82) is 0 Å². The summed E-state index contributed by atoms with van der Waals surface area (Å²) in [5.74, 6) is 0.145. The molecular formula is C32H45N3O4S. The van der Waals surface area contributed by atoms with Crippen molar-refractivity contribution in [2.75, 3.05) is 6.54 Å². The highest BCUT2D eigenvalue weighted by molar-refractivity contribution is 7.13. The van der Waals surface area contributed by atoms with E-state index in [1.54, 1.807) is 11.3 Å². The van der Waals surface area contributed by atoms with Gasteiger partial charge in [0.25, 0.3) is 0 Å². The van der Waals surface area contributed by atoms with Gasteiger partial charge in [-0.05, 0) is 42.2 Å². The Morgan fingerprint density at radius 3 is 2.42 bits per heavy atom. The van der Waals surface area contributed by atoms with Gasteiger partial charge in [-0.2, -0.15) is 0 Å². The van der Waals surface area contributed by atoms with Gasteiger partial charge in [0.1, 0.15) is 6.04 Å². The third-order valence-electron chi connectivity index (χ3n) is 8.48. The highest BCUT2D eigenvalue weighted by atomic mass is 32.1. The number of thiazole rings is 1. The Hall–Kier alpha value is -2.58. The molecule has 0 radical (unpaired) electrons. The van der Waals surface area contributed by atoms with Gasteiger partial charge in [-0.3, -0.25) is 14.4 Å². The molecule has 3 atom stereocenters. The van der Waals surface area contributed by atoms with Crippen molar-refractivity contribution in [2.24, 2.45) is 11.3 Å². The van der Waals surface area contributed by atoms with Crippen molar-refractivity contribution >= 4 is 28.9 Å². The van der Waals surface area contributed by atoms with Crippen molar-refractivity contribution in [3.63, 3.8) is 0 Å². The van der Waals surface area contributed by atoms with Crippen LogP contribution in [-0.4, -0.2) is 57.3 Å². The summed E-state index contributed by atoms with van der Waals surface area (Å²) in [4.78, 5) is 47.0. The summed E-state index contributed by atoms with van der Waals surface area (Å²) >= 11 is 1.61. The normalized spacial score (nSPS) is 20.9. The van der Waals surface area contributed by atoms with Crippen molar-refractivity contribution in [1.82, 2.24) is 15.2 Å². The summed E-state index contributed by atoms with van der Waals surface area (Å²) in [7, 11) is 0. The van der Waals surface area contributed by atoms with Crippen molar-refractivity contribution in [2.45, 2.75) is 110 Å². The summed E-state index contributed by atoms with van der Waals surface area (Å²) in [6.45, 7) is 7.89. The van der Waals surface area contributed by atoms with E-state index in [0.717, 1.165) is 28.1 Å². The molecule has 1 aromatic carbocycles. The highest BCUT2D eigenvalue weighted by Gasteiger charge is 2.44. The molecule has 1 saturated heterocycles. The molecular weight excluding hydrogens is 522 g/mol. The van der Waals surface area contributed by atoms with E-state index in [-0.39, 0.29) is 37.0 Å². The van der Waals surface area contributed by atoms with Gasteiger partial charge in [0.15, 0.2) is 5.78 Å². The Morgan fingerprint density at radius 2 is 1.80 bits per heavy atom. The second-order valence-corrected chi connectivity index (χ2v) is 13.6. The first kappa shape index (κ1) is 30.4. The van der Waals surface area contributed by atoms with Gasteiger partial charge < -0.3 is 15.3 Å². The first-order valence-electron chi connectivity index (χ1n) is 14.8. The summed E-state index contributed by atoms with van der Waals surface area (Å²) < 4.78 is 0. The SMILES string of the molecule is Cc1ncsc1-c1ccc(CCC(=O)[C@@H]2C[C@@H](O)CN2C(=O)[C@@H](NC(=O)CCC2CCCCC2)C(C)(C)C)cc1. The number of hydrogen-bond donors (Lipinski definition) is 2. The molecule has 2 N–H and O–H groups in total. The number of carbonyl (C=O) groups excluding carboxylic acids is 3. The van der Waals surface area contributed by atoms with Crippen LogP contribution in [0.25, 0.3) is 10.4 Å². The van der Waals surface area contributed by atoms with Crippen molar-refractivity contribution in [3.8, 4) is 10.4 Å². The molecule has 2 aliphatic rings. The van der Waals surface area contributed by atoms with E-state index in [9.17, 15) is 19.5 Å². The largest absolute Gasteiger partial charge is 0.391 e. The van der Waals surface area contributed by atoms with Crippen LogP contribution < -0.4 is 5.32 Å². The van der Waals surface area contributed by atoms with Crippen molar-refractivity contribution in [3.05, 3.63) is 41.0 Å². The molecule has 1 aromatic heterocycles. The van der Waals surface area contributed by atoms with Gasteiger partial charge in [-0.15, -0.1) is 11.3 Å². The van der Waals surface area contributed by atoms with Crippen molar-refractivity contribution < 1.29 is 19.5 Å². The smallest absolute Gasteiger partial charge is 0.246 e. The number of aliphatic hydroxyl groups is 1. The number of nitrogens with one attached hydrogen (secondary N) is 1. The number of β-amino-alcohol motifs (C(OH)–C–C–N with tert-alkyl or cyclic N) is 1. The number of aryl methyl sites for hydroxylation is 2. The van der Waals surface area contributed by atoms with E-state index in [2.05, 4.69) is 22.4 Å². The van der Waals surface area contributed by atoms with E-state index >= 15 is 0 Å². The van der Waals surface area contributed by atoms with Gasteiger partial charge >= 0.3 is 0 Å². The predicted molar refractivity (Wildman–Crippen MR) is 159 cm³/mol. The standard InChI is InChI=1S/C32H45N3O4S/c1-21-29(40-20-33-21)24-14-10-23(11-15-24)12-16-27(37)26-18-25(36)19-35(26)31(39)30(32(2,3)4)34-28(38)17-13-22-8-6-5-7-9-22/h10-11,14-15,20,22,25-26,30,36H,5-9,12-13,16-19H2,1-4H3,(H,34,38)/t25-,26+,30-/m1/s1. The maximum atomic E-state index is 13.8. The second kappa shape index (κ2) is 13.4. The maximum Gasteiger partial charge on any atom is 0.246 e. The quantitative estimate of drug-likeness (QED) is 0.396. The Balaban J connectivity index is 1.36. The fourth-order valence-corrected chi connectivity index (χ4v) is 6.87. The number of Topliss-reactive ketones (excluding diaryl/α,β-unsaturated/α-hetero) is 1. The summed E-state index contributed by atoms with van der Waals surface area (Å²) in [6, 6.07) is 6.75. The molecule has 0 bridgehead atoms. The zero-order chi connectivity index (χ0) is 28.9. The minimum Gasteiger partial charge on any atom is -0.391 e. The Bertz CT molecular complexity index is 1160. The topological polar surface area (TPSA) is 99.6 Å². The molecule has 1 saturated carbocycles. The van der Waals surface area contributed by atoms with E-state index < -0.39 is 23.6 Å². The number of hydrogen-bond acceptors (Lipinski definition) is 6. The molecule has 8 heteroatoms. The second-order valence-electron chi connectivity index (χ2n) is 12.7. The molecule has 2 fully saturated rings. The zero-order valence-electron chi connectivity index (χ0n) is 24.4. The highest BCUT2D eigenvalue weighted by Crippen LogP contribution is 2.30. The fraction of sp³-hybridized carbons (Fsp3) is 0.625. The predicted octanol–water partition coefficient (Wildman–Crippen LogP) is 5.47. The molecule has 2 amide bonds. The van der Waals surface area contributed by atoms with Gasteiger partial charge in [0.05, 0.1) is 28.2 Å². The monoisotopic (exact) mass is 567 g/mol. The number of benzene rings is 1. The lowest BCUT2D eigenvalue weighted by atomic mass is 9.84. The number of rotatable bonds is 10. The number of aliphatic hydroxyl groups excluding tert-OH is 1. The van der Waals surface area contributed by atoms with Crippen LogP contribution in [0.3, 0.4) is 0 Å². The Morgan fingerprint density at radius 1 is 1.10 bits per heavy atom. The number of aromatic nitrogens is 1. The van der Waals surface area contributed by atoms with Gasteiger partial charge in [0.2, 0.25) is 11.8 Å². The lowest BCUT2D eigenvalue weighted by molar-refractivity contribution is -0.143. The zero-order valence-corrected chi connectivity index (χ0v) is 25.3. The molecule has 0 spiro atoms. The molecule has 40 heavy (non-hydrogen) atoms. The van der Waals surface area contributed by atoms with Crippen LogP contribution in [0.2, 0.25) is 0 Å². The van der Waals surface area contributed by atoms with E-state index in [4.69, 9.17) is 0 Å². The van der Waals surface area contributed by atoms with Gasteiger partial charge in [0, 0.05) is 25.8 Å². The summed E-state index contributed by atoms with van der Waals surface area (Å²) in [6.07, 6.45) is 7.72. The van der Waals surface area contributed by atoms with Crippen LogP contribution in [0.5, 0.6) is 0 Å². The Kier molecular flexibility index (Phi) is 10.2. The van der Waals surface area contributed by atoms with E-state index in [0.29, 0.717) is 18.8 Å². The van der Waals surface area contributed by atoms with Gasteiger partial charge in [-0.1, -0.05) is 77.1 Å². The molecule has 1 aliphatic carbocycles. The number of likely N-dealkylation sites (tertiary alicyclic amines) is 1. The third kappa shape index (κ3) is 7.78. The number of ketones is 1. The molecule has 2 heterocycles. The first-order chi connectivity index (χ1) is 19.0. The minimum absolute atomic E-state index is 0.0523. The lowest BCUT2D eigenvalue weighted by Gasteiger charge is -2.35. The first-order valence-corrected chi connectivity index (χ1v) is 15.7. The minimum atomic E-state index is -0.755. The summed E-state index contributed by atoms with van der Waals surface area (Å²) in [5, 5.41) is 13.5. The lowest BCUT2D eigenvalue weighted by Crippen LogP contribution is -2.56. The molecule has 0 unspecified atom stereocenters. The number of amides is 2. The molecule has 2 aromatic rings. The molecule has 218 valence electrons. The van der Waals surface area contributed by atoms with E-state index in [1.165, 1.54) is 37.0 Å². The average molecular weight is 568 g/mol. The Labute approximate surface area is 242 Å². The fourth-order valence-electron chi connectivity index (χ4n) is 6.06. The summed E-state index contributed by atoms with van der Waals surface area (Å²) in [5.41, 5.74) is 4.48. The van der Waals surface area contributed by atoms with Gasteiger partial charge in [-0.25, -0.2) is 4.98 Å². The average Bonchev–Trinajstić information content (AvgIpc) is 3.54. The van der Waals surface area contributed by atoms with Crippen LogP contribution in [0.4, 0.5) is 0 Å². The van der Waals surface area contributed by atoms with Crippen LogP contribution in [0.15, 0.2) is 29.8 Å². The number of carbonyl (C=O) groups is 3. The maximum absolute atomic E-state index is 13.8. The van der Waals surface area contributed by atoms with Crippen LogP contribution >= 0.6 is 11.3 Å². The number of nitrogens with zero attached hydrogens (tertiary/aromatic N) is 2. The third-order valence-corrected chi connectivity index (χ3v) is 9.46. The molecule has 7 nitrogen and oxygen atoms in total. The molecule has 1 aliphatic heterocycles.